The third-order valence-corrected chi connectivity index (χ3v) is 5.35. The molecule has 1 unspecified atom stereocenters. The number of piperidine rings is 1. The first-order valence-corrected chi connectivity index (χ1v) is 10.1. The van der Waals surface area contributed by atoms with Crippen LogP contribution in [0.1, 0.15) is 29.7 Å². The van der Waals surface area contributed by atoms with Crippen LogP contribution in [0.3, 0.4) is 0 Å². The van der Waals surface area contributed by atoms with E-state index >= 15 is 0 Å². The zero-order valence-electron chi connectivity index (χ0n) is 17.3. The molecule has 3 heterocycles. The van der Waals surface area contributed by atoms with E-state index in [-0.39, 0.29) is 24.4 Å². The lowest BCUT2D eigenvalue weighted by molar-refractivity contribution is -0.0898. The van der Waals surface area contributed by atoms with E-state index in [1.807, 2.05) is 18.2 Å². The van der Waals surface area contributed by atoms with Crippen LogP contribution >= 0.6 is 0 Å². The third kappa shape index (κ3) is 4.55. The van der Waals surface area contributed by atoms with E-state index < -0.39 is 30.3 Å². The molecule has 0 bridgehead atoms. The Hall–Kier alpha value is -3.36. The first-order valence-electron chi connectivity index (χ1n) is 10.1. The SMILES string of the molecule is Cc1nc(C(=O)N2CC(F)(F)C[C@@H](C)C2CNc2ncccn2)c(-c2ccccc2)o1. The van der Waals surface area contributed by atoms with Gasteiger partial charge < -0.3 is 14.6 Å². The second-order valence-corrected chi connectivity index (χ2v) is 7.77. The molecule has 0 aliphatic carbocycles. The summed E-state index contributed by atoms with van der Waals surface area (Å²) in [6.07, 6.45) is 2.87. The second-order valence-electron chi connectivity index (χ2n) is 7.77. The summed E-state index contributed by atoms with van der Waals surface area (Å²) >= 11 is 0. The molecule has 1 saturated heterocycles. The standard InChI is InChI=1S/C22H23F2N5O2/c1-14-11-22(23,24)13-29(17(14)12-27-21-25-9-6-10-26-21)20(30)18-19(31-15(2)28-18)16-7-4-3-5-8-16/h3-10,14,17H,11-13H2,1-2H3,(H,25,26,27)/t14-,17?/m1/s1. The van der Waals surface area contributed by atoms with Crippen molar-refractivity contribution in [1.82, 2.24) is 19.9 Å². The maximum atomic E-state index is 14.5. The van der Waals surface area contributed by atoms with Gasteiger partial charge in [-0.1, -0.05) is 37.3 Å². The number of rotatable bonds is 5. The molecule has 2 aromatic heterocycles. The van der Waals surface area contributed by atoms with E-state index in [9.17, 15) is 13.6 Å². The number of likely N-dealkylation sites (tertiary alicyclic amines) is 1. The summed E-state index contributed by atoms with van der Waals surface area (Å²) in [5, 5.41) is 3.06. The Bertz CT molecular complexity index is 1040. The van der Waals surface area contributed by atoms with Crippen LogP contribution in [0.2, 0.25) is 0 Å². The van der Waals surface area contributed by atoms with E-state index in [0.29, 0.717) is 17.4 Å². The summed E-state index contributed by atoms with van der Waals surface area (Å²) in [6.45, 7) is 2.91. The van der Waals surface area contributed by atoms with Crippen LogP contribution < -0.4 is 5.32 Å². The van der Waals surface area contributed by atoms with Gasteiger partial charge in [-0.25, -0.2) is 23.7 Å². The number of benzene rings is 1. The smallest absolute Gasteiger partial charge is 0.277 e. The highest BCUT2D eigenvalue weighted by Gasteiger charge is 2.47. The number of hydrogen-bond donors (Lipinski definition) is 1. The summed E-state index contributed by atoms with van der Waals surface area (Å²) < 4.78 is 34.6. The van der Waals surface area contributed by atoms with Crippen molar-refractivity contribution in [3.05, 3.63) is 60.4 Å². The topological polar surface area (TPSA) is 84.2 Å². The predicted molar refractivity (Wildman–Crippen MR) is 111 cm³/mol. The average Bonchev–Trinajstić information content (AvgIpc) is 3.14. The lowest BCUT2D eigenvalue weighted by Gasteiger charge is -2.43. The van der Waals surface area contributed by atoms with Crippen molar-refractivity contribution in [2.45, 2.75) is 32.2 Å². The number of amides is 1. The molecule has 1 amide bonds. The highest BCUT2D eigenvalue weighted by Crippen LogP contribution is 2.36. The van der Waals surface area contributed by atoms with Crippen LogP contribution in [0.15, 0.2) is 53.2 Å². The molecule has 0 saturated carbocycles. The molecular formula is C22H23F2N5O2. The van der Waals surface area contributed by atoms with Gasteiger partial charge in [-0.15, -0.1) is 0 Å². The molecule has 162 valence electrons. The zero-order valence-corrected chi connectivity index (χ0v) is 17.3. The molecule has 0 spiro atoms. The van der Waals surface area contributed by atoms with Crippen LogP contribution in [0, 0.1) is 12.8 Å². The van der Waals surface area contributed by atoms with Gasteiger partial charge in [-0.2, -0.15) is 0 Å². The number of alkyl halides is 2. The predicted octanol–water partition coefficient (Wildman–Crippen LogP) is 4.04. The average molecular weight is 427 g/mol. The molecule has 1 N–H and O–H groups in total. The molecule has 1 fully saturated rings. The number of carbonyl (C=O) groups excluding carboxylic acids is 1. The second kappa shape index (κ2) is 8.41. The molecule has 1 aliphatic rings. The highest BCUT2D eigenvalue weighted by molar-refractivity contribution is 5.98. The van der Waals surface area contributed by atoms with E-state index in [2.05, 4.69) is 20.3 Å². The minimum absolute atomic E-state index is 0.0366. The summed E-state index contributed by atoms with van der Waals surface area (Å²) in [4.78, 5) is 27.1. The largest absolute Gasteiger partial charge is 0.440 e. The van der Waals surface area contributed by atoms with Gasteiger partial charge >= 0.3 is 0 Å². The number of halogens is 2. The van der Waals surface area contributed by atoms with Gasteiger partial charge in [0.05, 0.1) is 12.6 Å². The van der Waals surface area contributed by atoms with Crippen LogP contribution in [0.5, 0.6) is 0 Å². The quantitative estimate of drug-likeness (QED) is 0.662. The van der Waals surface area contributed by atoms with Gasteiger partial charge in [0.15, 0.2) is 17.3 Å². The minimum atomic E-state index is -2.99. The van der Waals surface area contributed by atoms with Crippen molar-refractivity contribution < 1.29 is 18.0 Å². The summed E-state index contributed by atoms with van der Waals surface area (Å²) in [7, 11) is 0. The van der Waals surface area contributed by atoms with Gasteiger partial charge in [-0.05, 0) is 12.0 Å². The molecular weight excluding hydrogens is 404 g/mol. The number of hydrogen-bond acceptors (Lipinski definition) is 6. The van der Waals surface area contributed by atoms with Gasteiger partial charge in [0, 0.05) is 37.8 Å². The Morgan fingerprint density at radius 2 is 1.94 bits per heavy atom. The summed E-state index contributed by atoms with van der Waals surface area (Å²) in [5.41, 5.74) is 0.699. The Morgan fingerprint density at radius 1 is 1.23 bits per heavy atom. The molecule has 2 atom stereocenters. The van der Waals surface area contributed by atoms with E-state index in [1.165, 1.54) is 4.90 Å². The number of nitrogens with zero attached hydrogens (tertiary/aromatic N) is 4. The van der Waals surface area contributed by atoms with Crippen molar-refractivity contribution in [3.8, 4) is 11.3 Å². The number of carbonyl (C=O) groups is 1. The fourth-order valence-corrected chi connectivity index (χ4v) is 3.96. The van der Waals surface area contributed by atoms with Crippen LogP contribution in [0.25, 0.3) is 11.3 Å². The van der Waals surface area contributed by atoms with E-state index in [0.717, 1.165) is 0 Å². The van der Waals surface area contributed by atoms with E-state index in [1.54, 1.807) is 44.4 Å². The number of nitrogens with one attached hydrogen (secondary N) is 1. The molecule has 1 aromatic carbocycles. The van der Waals surface area contributed by atoms with Crippen molar-refractivity contribution in [2.75, 3.05) is 18.4 Å². The van der Waals surface area contributed by atoms with Crippen LogP contribution in [-0.2, 0) is 0 Å². The number of aromatic nitrogens is 3. The Kier molecular flexibility index (Phi) is 5.67. The first-order chi connectivity index (χ1) is 14.8. The molecule has 9 heteroatoms. The Morgan fingerprint density at radius 3 is 2.65 bits per heavy atom. The maximum Gasteiger partial charge on any atom is 0.277 e. The van der Waals surface area contributed by atoms with Crippen molar-refractivity contribution >= 4 is 11.9 Å². The van der Waals surface area contributed by atoms with Gasteiger partial charge in [0.1, 0.15) is 0 Å². The third-order valence-electron chi connectivity index (χ3n) is 5.35. The molecule has 7 nitrogen and oxygen atoms in total. The lowest BCUT2D eigenvalue weighted by atomic mass is 9.88. The summed E-state index contributed by atoms with van der Waals surface area (Å²) in [5.74, 6) is -3.06. The van der Waals surface area contributed by atoms with Gasteiger partial charge in [-0.3, -0.25) is 4.79 Å². The van der Waals surface area contributed by atoms with Crippen molar-refractivity contribution in [3.63, 3.8) is 0 Å². The zero-order chi connectivity index (χ0) is 22.0. The molecule has 31 heavy (non-hydrogen) atoms. The number of oxazole rings is 1. The number of aryl methyl sites for hydroxylation is 1. The van der Waals surface area contributed by atoms with Gasteiger partial charge in [0.25, 0.3) is 11.8 Å². The normalized spacial score (nSPS) is 20.5. The maximum absolute atomic E-state index is 14.5. The van der Waals surface area contributed by atoms with Gasteiger partial charge in [0.2, 0.25) is 5.95 Å². The monoisotopic (exact) mass is 427 g/mol. The Labute approximate surface area is 178 Å². The van der Waals surface area contributed by atoms with Crippen LogP contribution in [-0.4, -0.2) is 50.8 Å². The highest BCUT2D eigenvalue weighted by atomic mass is 19.3. The number of anilines is 1. The van der Waals surface area contributed by atoms with Crippen molar-refractivity contribution in [2.24, 2.45) is 5.92 Å². The minimum Gasteiger partial charge on any atom is -0.440 e. The fraction of sp³-hybridized carbons (Fsp3) is 0.364. The van der Waals surface area contributed by atoms with E-state index in [4.69, 9.17) is 4.42 Å². The Balaban J connectivity index is 1.65. The molecule has 0 radical (unpaired) electrons. The molecule has 4 rings (SSSR count). The van der Waals surface area contributed by atoms with Crippen LogP contribution in [0.4, 0.5) is 14.7 Å². The van der Waals surface area contributed by atoms with Crippen molar-refractivity contribution in [1.29, 1.82) is 0 Å². The molecule has 3 aromatic rings. The first kappa shape index (κ1) is 20.9. The molecule has 1 aliphatic heterocycles. The summed E-state index contributed by atoms with van der Waals surface area (Å²) in [6, 6.07) is 10.2. The fourth-order valence-electron chi connectivity index (χ4n) is 3.96. The lowest BCUT2D eigenvalue weighted by Crippen LogP contribution is -2.57.